The smallest absolute Gasteiger partial charge is 0.318 e. The van der Waals surface area contributed by atoms with Crippen LogP contribution in [0.2, 0.25) is 0 Å². The summed E-state index contributed by atoms with van der Waals surface area (Å²) in [6.45, 7) is 6.86. The molecule has 3 aromatic heterocycles. The number of nitrogens with one attached hydrogen (secondary N) is 1. The summed E-state index contributed by atoms with van der Waals surface area (Å²) < 4.78 is 4.86. The lowest BCUT2D eigenvalue weighted by molar-refractivity contribution is 0.494. The summed E-state index contributed by atoms with van der Waals surface area (Å²) in [5.41, 5.74) is 4.01. The summed E-state index contributed by atoms with van der Waals surface area (Å²) in [4.78, 5) is 33.4. The van der Waals surface area contributed by atoms with Crippen LogP contribution in [0.25, 0.3) is 28.0 Å². The van der Waals surface area contributed by atoms with Crippen molar-refractivity contribution in [3.8, 4) is 16.8 Å². The van der Waals surface area contributed by atoms with Crippen molar-refractivity contribution in [1.82, 2.24) is 39.3 Å². The lowest BCUT2D eigenvalue weighted by atomic mass is 10.0. The highest BCUT2D eigenvalue weighted by molar-refractivity contribution is 5.73. The maximum atomic E-state index is 13.4. The zero-order valence-electron chi connectivity index (χ0n) is 20.5. The normalized spacial score (nSPS) is 11.6. The molecule has 5 aromatic rings. The van der Waals surface area contributed by atoms with E-state index in [1.807, 2.05) is 54.8 Å². The lowest BCUT2D eigenvalue weighted by Gasteiger charge is -2.12. The summed E-state index contributed by atoms with van der Waals surface area (Å²) in [5, 5.41) is 11.5. The van der Waals surface area contributed by atoms with E-state index >= 15 is 0 Å². The van der Waals surface area contributed by atoms with Crippen LogP contribution in [0.5, 0.6) is 0 Å². The van der Waals surface area contributed by atoms with Gasteiger partial charge in [0.05, 0.1) is 5.69 Å². The van der Waals surface area contributed by atoms with Gasteiger partial charge in [0.25, 0.3) is 5.56 Å². The molecule has 0 aliphatic rings. The highest BCUT2D eigenvalue weighted by atomic mass is 16.2. The molecule has 0 saturated heterocycles. The van der Waals surface area contributed by atoms with Crippen LogP contribution in [0.3, 0.4) is 0 Å². The zero-order chi connectivity index (χ0) is 25.2. The molecule has 0 spiro atoms. The van der Waals surface area contributed by atoms with Crippen molar-refractivity contribution in [2.75, 3.05) is 0 Å². The van der Waals surface area contributed by atoms with Gasteiger partial charge in [-0.1, -0.05) is 63.2 Å². The van der Waals surface area contributed by atoms with Crippen molar-refractivity contribution in [2.24, 2.45) is 5.92 Å². The molecule has 10 nitrogen and oxygen atoms in total. The number of hydrogen-bond donors (Lipinski definition) is 1. The fourth-order valence-corrected chi connectivity index (χ4v) is 4.47. The minimum Gasteiger partial charge on any atom is -0.318 e. The van der Waals surface area contributed by atoms with Crippen LogP contribution in [0.1, 0.15) is 38.6 Å². The van der Waals surface area contributed by atoms with E-state index in [0.717, 1.165) is 34.6 Å². The van der Waals surface area contributed by atoms with Crippen LogP contribution in [0, 0.1) is 5.92 Å². The molecule has 10 heteroatoms. The van der Waals surface area contributed by atoms with E-state index in [1.54, 1.807) is 11.0 Å². The number of fused-ring (bicyclic) bond motifs is 1. The van der Waals surface area contributed by atoms with E-state index in [4.69, 9.17) is 0 Å². The Kier molecular flexibility index (Phi) is 6.32. The summed E-state index contributed by atoms with van der Waals surface area (Å²) in [6, 6.07) is 16.1. The van der Waals surface area contributed by atoms with Gasteiger partial charge in [0.2, 0.25) is 0 Å². The van der Waals surface area contributed by atoms with Crippen LogP contribution < -0.4 is 11.2 Å². The van der Waals surface area contributed by atoms with Gasteiger partial charge in [0.15, 0.2) is 11.2 Å². The fourth-order valence-electron chi connectivity index (χ4n) is 4.47. The summed E-state index contributed by atoms with van der Waals surface area (Å²) in [7, 11) is 0. The number of aromatic nitrogens is 8. The fraction of sp³-hybridized carbons (Fsp3) is 0.308. The Hall–Kier alpha value is -4.34. The van der Waals surface area contributed by atoms with Crippen LogP contribution >= 0.6 is 0 Å². The summed E-state index contributed by atoms with van der Waals surface area (Å²) in [6.07, 6.45) is 3.15. The van der Waals surface area contributed by atoms with Gasteiger partial charge in [-0.2, -0.15) is 4.68 Å². The summed E-state index contributed by atoms with van der Waals surface area (Å²) in [5.74, 6) is 0.951. The molecule has 0 aliphatic carbocycles. The van der Waals surface area contributed by atoms with Crippen molar-refractivity contribution in [2.45, 2.75) is 46.7 Å². The van der Waals surface area contributed by atoms with Gasteiger partial charge in [-0.25, -0.2) is 9.78 Å². The molecule has 36 heavy (non-hydrogen) atoms. The van der Waals surface area contributed by atoms with Gasteiger partial charge in [-0.15, -0.1) is 5.10 Å². The Balaban J connectivity index is 1.54. The van der Waals surface area contributed by atoms with Gasteiger partial charge in [-0.05, 0) is 40.0 Å². The molecule has 3 heterocycles. The van der Waals surface area contributed by atoms with E-state index < -0.39 is 5.69 Å². The second-order valence-electron chi connectivity index (χ2n) is 9.27. The third-order valence-corrected chi connectivity index (χ3v) is 6.09. The van der Waals surface area contributed by atoms with E-state index in [1.165, 1.54) is 4.57 Å². The first kappa shape index (κ1) is 23.4. The predicted molar refractivity (Wildman–Crippen MR) is 137 cm³/mol. The monoisotopic (exact) mass is 484 g/mol. The van der Waals surface area contributed by atoms with Crippen LogP contribution in [-0.4, -0.2) is 39.3 Å². The number of H-pyrrole nitrogens is 1. The number of imidazole rings is 1. The SMILES string of the molecule is CCCc1nc2[nH]c(=O)n(CC(C)C)c(=O)c2n1Cc1ccc(-c2ccccc2-n2cnnn2)cc1. The minimum atomic E-state index is -0.417. The number of rotatable bonds is 8. The molecular weight excluding hydrogens is 456 g/mol. The molecule has 0 unspecified atom stereocenters. The zero-order valence-corrected chi connectivity index (χ0v) is 20.5. The number of aryl methyl sites for hydroxylation is 1. The standard InChI is InChI=1S/C26H28N8O2/c1-4-7-22-28-24-23(25(35)33(14-17(2)3)26(36)29-24)32(22)15-18-10-12-19(13-11-18)20-8-5-6-9-21(20)34-16-27-30-31-34/h5-6,8-13,16-17H,4,7,14-15H2,1-3H3,(H,29,36). The van der Waals surface area contributed by atoms with Crippen LogP contribution in [0.4, 0.5) is 0 Å². The Labute approximate surface area is 207 Å². The Bertz CT molecular complexity index is 1610. The Morgan fingerprint density at radius 2 is 1.78 bits per heavy atom. The first-order chi connectivity index (χ1) is 17.5. The van der Waals surface area contributed by atoms with Gasteiger partial charge in [0, 0.05) is 25.1 Å². The number of para-hydroxylation sites is 1. The molecule has 0 amide bonds. The van der Waals surface area contributed by atoms with Gasteiger partial charge in [0.1, 0.15) is 12.2 Å². The van der Waals surface area contributed by atoms with Crippen molar-refractivity contribution in [3.63, 3.8) is 0 Å². The minimum absolute atomic E-state index is 0.163. The summed E-state index contributed by atoms with van der Waals surface area (Å²) >= 11 is 0. The second kappa shape index (κ2) is 9.73. The molecule has 0 aliphatic heterocycles. The highest BCUT2D eigenvalue weighted by Gasteiger charge is 2.18. The molecule has 0 atom stereocenters. The van der Waals surface area contributed by atoms with E-state index in [2.05, 4.69) is 44.5 Å². The molecule has 1 N–H and O–H groups in total. The molecular formula is C26H28N8O2. The van der Waals surface area contributed by atoms with Crippen molar-refractivity contribution < 1.29 is 0 Å². The largest absolute Gasteiger partial charge is 0.330 e. The van der Waals surface area contributed by atoms with Gasteiger partial charge >= 0.3 is 5.69 Å². The van der Waals surface area contributed by atoms with E-state index in [9.17, 15) is 9.59 Å². The van der Waals surface area contributed by atoms with Crippen molar-refractivity contribution >= 4 is 11.2 Å². The molecule has 184 valence electrons. The average molecular weight is 485 g/mol. The maximum absolute atomic E-state index is 13.4. The third-order valence-electron chi connectivity index (χ3n) is 6.09. The predicted octanol–water partition coefficient (Wildman–Crippen LogP) is 3.19. The Morgan fingerprint density at radius 1 is 1.00 bits per heavy atom. The Morgan fingerprint density at radius 3 is 2.47 bits per heavy atom. The quantitative estimate of drug-likeness (QED) is 0.362. The molecule has 0 fully saturated rings. The van der Waals surface area contributed by atoms with E-state index in [0.29, 0.717) is 30.7 Å². The molecule has 5 rings (SSSR count). The molecule has 0 bridgehead atoms. The molecule has 0 saturated carbocycles. The number of tetrazole rings is 1. The third kappa shape index (κ3) is 4.37. The lowest BCUT2D eigenvalue weighted by Crippen LogP contribution is -2.37. The number of nitrogens with zero attached hydrogens (tertiary/aromatic N) is 7. The van der Waals surface area contributed by atoms with E-state index in [-0.39, 0.29) is 11.5 Å². The first-order valence-electron chi connectivity index (χ1n) is 12.1. The molecule has 0 radical (unpaired) electrons. The second-order valence-corrected chi connectivity index (χ2v) is 9.27. The van der Waals surface area contributed by atoms with Gasteiger partial charge < -0.3 is 4.57 Å². The maximum Gasteiger partial charge on any atom is 0.330 e. The highest BCUT2D eigenvalue weighted by Crippen LogP contribution is 2.26. The van der Waals surface area contributed by atoms with Gasteiger partial charge in [-0.3, -0.25) is 14.3 Å². The van der Waals surface area contributed by atoms with Crippen LogP contribution in [-0.2, 0) is 19.5 Å². The van der Waals surface area contributed by atoms with Crippen molar-refractivity contribution in [3.05, 3.63) is 87.1 Å². The number of hydrogen-bond acceptors (Lipinski definition) is 6. The number of benzene rings is 2. The average Bonchev–Trinajstić information content (AvgIpc) is 3.51. The van der Waals surface area contributed by atoms with Crippen LogP contribution in [0.15, 0.2) is 64.4 Å². The molecule has 2 aromatic carbocycles. The first-order valence-corrected chi connectivity index (χ1v) is 12.1. The number of aromatic amines is 1. The van der Waals surface area contributed by atoms with Crippen molar-refractivity contribution in [1.29, 1.82) is 0 Å². The topological polar surface area (TPSA) is 116 Å².